The van der Waals surface area contributed by atoms with Crippen LogP contribution in [0.5, 0.6) is 0 Å². The molecule has 16 heavy (non-hydrogen) atoms. The first-order valence-corrected chi connectivity index (χ1v) is 5.26. The fraction of sp³-hybridized carbons (Fsp3) is 0.600. The van der Waals surface area contributed by atoms with Crippen LogP contribution in [0.15, 0.2) is 12.4 Å². The smallest absolute Gasteiger partial charge is 0.227 e. The van der Waals surface area contributed by atoms with Crippen LogP contribution in [0.3, 0.4) is 0 Å². The van der Waals surface area contributed by atoms with Gasteiger partial charge < -0.3 is 10.6 Å². The lowest BCUT2D eigenvalue weighted by atomic mass is 9.97. The van der Waals surface area contributed by atoms with E-state index in [9.17, 15) is 4.79 Å². The highest BCUT2D eigenvalue weighted by Gasteiger charge is 2.20. The lowest BCUT2D eigenvalue weighted by molar-refractivity contribution is -0.120. The highest BCUT2D eigenvalue weighted by atomic mass is 35.5. The molecule has 1 aliphatic heterocycles. The predicted octanol–water partition coefficient (Wildman–Crippen LogP) is 0.780. The molecule has 0 unspecified atom stereocenters. The van der Waals surface area contributed by atoms with Crippen molar-refractivity contribution in [2.24, 2.45) is 13.0 Å². The Morgan fingerprint density at radius 1 is 1.56 bits per heavy atom. The van der Waals surface area contributed by atoms with Crippen LogP contribution in [0.1, 0.15) is 12.8 Å². The van der Waals surface area contributed by atoms with E-state index in [1.807, 2.05) is 7.05 Å². The highest BCUT2D eigenvalue weighted by Crippen LogP contribution is 2.14. The third-order valence-corrected chi connectivity index (χ3v) is 2.68. The van der Waals surface area contributed by atoms with Gasteiger partial charge in [0.05, 0.1) is 11.9 Å². The lowest BCUT2D eigenvalue weighted by Crippen LogP contribution is -2.34. The van der Waals surface area contributed by atoms with Crippen LogP contribution < -0.4 is 10.6 Å². The van der Waals surface area contributed by atoms with E-state index in [0.29, 0.717) is 0 Å². The number of hydrogen-bond acceptors (Lipinski definition) is 3. The van der Waals surface area contributed by atoms with Gasteiger partial charge in [0, 0.05) is 19.2 Å². The van der Waals surface area contributed by atoms with Crippen molar-refractivity contribution in [3.05, 3.63) is 12.4 Å². The van der Waals surface area contributed by atoms with E-state index in [4.69, 9.17) is 0 Å². The van der Waals surface area contributed by atoms with E-state index in [2.05, 4.69) is 15.7 Å². The molecule has 1 saturated heterocycles. The number of nitrogens with one attached hydrogen (secondary N) is 2. The van der Waals surface area contributed by atoms with E-state index >= 15 is 0 Å². The molecule has 1 aliphatic rings. The Balaban J connectivity index is 0.00000128. The summed E-state index contributed by atoms with van der Waals surface area (Å²) in [6.45, 7) is 1.87. The molecule has 0 aromatic carbocycles. The van der Waals surface area contributed by atoms with Gasteiger partial charge >= 0.3 is 0 Å². The Hall–Kier alpha value is -1.07. The summed E-state index contributed by atoms with van der Waals surface area (Å²) >= 11 is 0. The number of aryl methyl sites for hydroxylation is 1. The molecule has 0 saturated carbocycles. The first-order valence-electron chi connectivity index (χ1n) is 5.26. The van der Waals surface area contributed by atoms with Gasteiger partial charge in [-0.2, -0.15) is 5.10 Å². The molecule has 5 nitrogen and oxygen atoms in total. The number of nitrogens with zero attached hydrogens (tertiary/aromatic N) is 2. The van der Waals surface area contributed by atoms with Crippen LogP contribution >= 0.6 is 12.4 Å². The molecule has 2 rings (SSSR count). The molecular weight excluding hydrogens is 228 g/mol. The van der Waals surface area contributed by atoms with Gasteiger partial charge in [0.15, 0.2) is 0 Å². The van der Waals surface area contributed by atoms with Gasteiger partial charge in [-0.05, 0) is 25.9 Å². The molecule has 1 amide bonds. The number of amides is 1. The summed E-state index contributed by atoms with van der Waals surface area (Å²) in [4.78, 5) is 11.8. The number of halogens is 1. The average Bonchev–Trinajstić information content (AvgIpc) is 2.65. The third kappa shape index (κ3) is 3.21. The Morgan fingerprint density at radius 3 is 2.81 bits per heavy atom. The summed E-state index contributed by atoms with van der Waals surface area (Å²) < 4.78 is 1.68. The van der Waals surface area contributed by atoms with Crippen LogP contribution in [-0.2, 0) is 11.8 Å². The number of anilines is 1. The van der Waals surface area contributed by atoms with Crippen LogP contribution in [-0.4, -0.2) is 28.8 Å². The maximum atomic E-state index is 11.8. The number of hydrogen-bond donors (Lipinski definition) is 2. The molecule has 2 N–H and O–H groups in total. The molecular formula is C10H17ClN4O. The molecule has 0 atom stereocenters. The lowest BCUT2D eigenvalue weighted by Gasteiger charge is -2.21. The fourth-order valence-corrected chi connectivity index (χ4v) is 1.81. The minimum Gasteiger partial charge on any atom is -0.323 e. The monoisotopic (exact) mass is 244 g/mol. The zero-order chi connectivity index (χ0) is 10.7. The molecule has 0 radical (unpaired) electrons. The normalized spacial score (nSPS) is 16.6. The molecule has 6 heteroatoms. The number of aromatic nitrogens is 2. The van der Waals surface area contributed by atoms with Crippen molar-refractivity contribution in [2.45, 2.75) is 12.8 Å². The first-order chi connectivity index (χ1) is 7.25. The van der Waals surface area contributed by atoms with Crippen molar-refractivity contribution in [1.29, 1.82) is 0 Å². The van der Waals surface area contributed by atoms with Gasteiger partial charge in [0.2, 0.25) is 5.91 Å². The van der Waals surface area contributed by atoms with Gasteiger partial charge in [-0.3, -0.25) is 9.48 Å². The van der Waals surface area contributed by atoms with Crippen molar-refractivity contribution >= 4 is 24.0 Å². The van der Waals surface area contributed by atoms with E-state index in [0.717, 1.165) is 31.6 Å². The highest BCUT2D eigenvalue weighted by molar-refractivity contribution is 5.92. The van der Waals surface area contributed by atoms with E-state index in [-0.39, 0.29) is 24.2 Å². The molecule has 0 aliphatic carbocycles. The van der Waals surface area contributed by atoms with Crippen LogP contribution in [0.2, 0.25) is 0 Å². The second-order valence-corrected chi connectivity index (χ2v) is 3.92. The van der Waals surface area contributed by atoms with Crippen molar-refractivity contribution in [1.82, 2.24) is 15.1 Å². The van der Waals surface area contributed by atoms with Crippen LogP contribution in [0, 0.1) is 5.92 Å². The Morgan fingerprint density at radius 2 is 2.25 bits per heavy atom. The second kappa shape index (κ2) is 5.86. The molecule has 0 bridgehead atoms. The van der Waals surface area contributed by atoms with Crippen molar-refractivity contribution < 1.29 is 4.79 Å². The molecule has 1 fully saturated rings. The SMILES string of the molecule is Cl.Cn1cc(NC(=O)C2CCNCC2)cn1. The third-order valence-electron chi connectivity index (χ3n) is 2.68. The van der Waals surface area contributed by atoms with Gasteiger partial charge in [-0.15, -0.1) is 12.4 Å². The summed E-state index contributed by atoms with van der Waals surface area (Å²) in [6, 6.07) is 0. The average molecular weight is 245 g/mol. The van der Waals surface area contributed by atoms with Crippen molar-refractivity contribution in [3.63, 3.8) is 0 Å². The quantitative estimate of drug-likeness (QED) is 0.809. The summed E-state index contributed by atoms with van der Waals surface area (Å²) in [5.41, 5.74) is 0.779. The van der Waals surface area contributed by atoms with Gasteiger partial charge in [0.1, 0.15) is 0 Å². The van der Waals surface area contributed by atoms with Crippen molar-refractivity contribution in [3.8, 4) is 0 Å². The predicted molar refractivity (Wildman–Crippen MR) is 64.7 cm³/mol. The van der Waals surface area contributed by atoms with E-state index in [1.165, 1.54) is 0 Å². The molecule has 2 heterocycles. The topological polar surface area (TPSA) is 59.0 Å². The maximum absolute atomic E-state index is 11.8. The molecule has 90 valence electrons. The van der Waals surface area contributed by atoms with Crippen molar-refractivity contribution in [2.75, 3.05) is 18.4 Å². The number of piperidine rings is 1. The van der Waals surface area contributed by atoms with Gasteiger partial charge in [-0.25, -0.2) is 0 Å². The summed E-state index contributed by atoms with van der Waals surface area (Å²) in [6.07, 6.45) is 5.32. The standard InChI is InChI=1S/C10H16N4O.ClH/c1-14-7-9(6-12-14)13-10(15)8-2-4-11-5-3-8;/h6-8,11H,2-5H2,1H3,(H,13,15);1H. The van der Waals surface area contributed by atoms with Crippen LogP contribution in [0.4, 0.5) is 5.69 Å². The summed E-state index contributed by atoms with van der Waals surface area (Å²) in [7, 11) is 1.83. The Labute approximate surface area is 101 Å². The largest absolute Gasteiger partial charge is 0.323 e. The van der Waals surface area contributed by atoms with Crippen LogP contribution in [0.25, 0.3) is 0 Å². The van der Waals surface area contributed by atoms with E-state index < -0.39 is 0 Å². The maximum Gasteiger partial charge on any atom is 0.227 e. The van der Waals surface area contributed by atoms with Gasteiger partial charge in [-0.1, -0.05) is 0 Å². The zero-order valence-electron chi connectivity index (χ0n) is 9.27. The van der Waals surface area contributed by atoms with Gasteiger partial charge in [0.25, 0.3) is 0 Å². The molecule has 0 spiro atoms. The Kier molecular flexibility index (Phi) is 4.76. The number of carbonyl (C=O) groups is 1. The molecule has 1 aromatic heterocycles. The number of rotatable bonds is 2. The minimum atomic E-state index is 0. The molecule has 1 aromatic rings. The minimum absolute atomic E-state index is 0. The summed E-state index contributed by atoms with van der Waals surface area (Å²) in [5, 5.41) is 10.1. The zero-order valence-corrected chi connectivity index (χ0v) is 10.1. The first kappa shape index (κ1) is 13.0. The van der Waals surface area contributed by atoms with E-state index in [1.54, 1.807) is 17.1 Å². The summed E-state index contributed by atoms with van der Waals surface area (Å²) in [5.74, 6) is 0.260. The Bertz CT molecular complexity index is 346. The number of carbonyl (C=O) groups excluding carboxylic acids is 1. The fourth-order valence-electron chi connectivity index (χ4n) is 1.81. The second-order valence-electron chi connectivity index (χ2n) is 3.92.